The van der Waals surface area contributed by atoms with Crippen molar-refractivity contribution in [3.63, 3.8) is 0 Å². The van der Waals surface area contributed by atoms with Gasteiger partial charge in [-0.2, -0.15) is 8.42 Å². The second kappa shape index (κ2) is 4.25. The maximum absolute atomic E-state index is 12.0. The molecule has 7 nitrogen and oxygen atoms in total. The number of amidine groups is 1. The van der Waals surface area contributed by atoms with E-state index in [0.29, 0.717) is 5.69 Å². The molecule has 2 aromatic rings. The predicted molar refractivity (Wildman–Crippen MR) is 68.6 cm³/mol. The third kappa shape index (κ3) is 2.15. The summed E-state index contributed by atoms with van der Waals surface area (Å²) in [6.07, 6.45) is 5.44. The molecule has 2 aromatic heterocycles. The quantitative estimate of drug-likeness (QED) is 0.845. The highest BCUT2D eigenvalue weighted by Gasteiger charge is 2.26. The molecule has 0 bridgehead atoms. The van der Waals surface area contributed by atoms with Crippen LogP contribution in [0, 0.1) is 0 Å². The van der Waals surface area contributed by atoms with Crippen LogP contribution < -0.4 is 5.32 Å². The minimum Gasteiger partial charge on any atom is -0.336 e. The van der Waals surface area contributed by atoms with E-state index in [-0.39, 0.29) is 21.6 Å². The van der Waals surface area contributed by atoms with Crippen molar-refractivity contribution in [2.75, 3.05) is 5.32 Å². The van der Waals surface area contributed by atoms with Crippen LogP contribution in [0.5, 0.6) is 0 Å². The number of pyridine rings is 1. The lowest BCUT2D eigenvalue weighted by Crippen LogP contribution is -2.23. The minimum atomic E-state index is -3.80. The van der Waals surface area contributed by atoms with E-state index in [1.807, 2.05) is 0 Å². The monoisotopic (exact) mass is 295 g/mol. The van der Waals surface area contributed by atoms with E-state index in [2.05, 4.69) is 24.7 Å². The van der Waals surface area contributed by atoms with Gasteiger partial charge in [0, 0.05) is 12.4 Å². The van der Waals surface area contributed by atoms with Crippen molar-refractivity contribution in [3.8, 4) is 0 Å². The van der Waals surface area contributed by atoms with E-state index in [1.165, 1.54) is 24.8 Å². The number of aromatic nitrogens is 3. The standard InChI is InChI=1S/C10H6ClN5O2S/c11-9-5-13-3-7(14-9)10-15-6-1-2-12-4-8(6)19(17,18)16-10/h1-5H,(H,15,16). The number of rotatable bonds is 1. The van der Waals surface area contributed by atoms with E-state index >= 15 is 0 Å². The molecule has 0 spiro atoms. The molecular formula is C10H6ClN5O2S. The van der Waals surface area contributed by atoms with Crippen molar-refractivity contribution in [2.45, 2.75) is 4.90 Å². The molecule has 3 rings (SSSR count). The fourth-order valence-electron chi connectivity index (χ4n) is 1.58. The molecule has 0 fully saturated rings. The zero-order valence-electron chi connectivity index (χ0n) is 9.28. The second-order valence-electron chi connectivity index (χ2n) is 3.64. The molecule has 0 unspecified atom stereocenters. The third-order valence-corrected chi connectivity index (χ3v) is 3.86. The van der Waals surface area contributed by atoms with Crippen molar-refractivity contribution in [2.24, 2.45) is 4.40 Å². The number of halogens is 1. The van der Waals surface area contributed by atoms with Gasteiger partial charge in [0.2, 0.25) is 0 Å². The number of nitrogens with one attached hydrogen (secondary N) is 1. The molecule has 3 heterocycles. The molecule has 0 aliphatic carbocycles. The van der Waals surface area contributed by atoms with Crippen LogP contribution in [0.3, 0.4) is 0 Å². The Labute approximate surface area is 113 Å². The Balaban J connectivity index is 2.15. The molecular weight excluding hydrogens is 290 g/mol. The topological polar surface area (TPSA) is 97.2 Å². The first-order valence-electron chi connectivity index (χ1n) is 5.10. The number of hydrogen-bond donors (Lipinski definition) is 1. The van der Waals surface area contributed by atoms with Gasteiger partial charge in [0.15, 0.2) is 5.84 Å². The summed E-state index contributed by atoms with van der Waals surface area (Å²) in [5.41, 5.74) is 0.639. The first-order chi connectivity index (χ1) is 9.06. The SMILES string of the molecule is O=S1(=O)N=C(c2cncc(Cl)n2)Nc2ccncc21. The van der Waals surface area contributed by atoms with Crippen LogP contribution in [0.15, 0.2) is 40.1 Å². The molecule has 19 heavy (non-hydrogen) atoms. The van der Waals surface area contributed by atoms with Crippen LogP contribution in [0.25, 0.3) is 0 Å². The maximum Gasteiger partial charge on any atom is 0.287 e. The van der Waals surface area contributed by atoms with Crippen LogP contribution in [0.4, 0.5) is 5.69 Å². The summed E-state index contributed by atoms with van der Waals surface area (Å²) in [7, 11) is -3.80. The van der Waals surface area contributed by atoms with Crippen molar-refractivity contribution >= 4 is 33.1 Å². The number of anilines is 1. The van der Waals surface area contributed by atoms with Gasteiger partial charge in [0.1, 0.15) is 15.7 Å². The number of sulfonamides is 1. The van der Waals surface area contributed by atoms with Gasteiger partial charge in [-0.15, -0.1) is 4.40 Å². The summed E-state index contributed by atoms with van der Waals surface area (Å²) in [6, 6.07) is 1.54. The van der Waals surface area contributed by atoms with E-state index in [1.54, 1.807) is 6.07 Å². The molecule has 1 aliphatic rings. The van der Waals surface area contributed by atoms with Crippen LogP contribution in [0.2, 0.25) is 5.15 Å². The maximum atomic E-state index is 12.0. The molecule has 0 radical (unpaired) electrons. The summed E-state index contributed by atoms with van der Waals surface area (Å²) >= 11 is 5.72. The zero-order valence-corrected chi connectivity index (χ0v) is 10.9. The van der Waals surface area contributed by atoms with Crippen LogP contribution >= 0.6 is 11.6 Å². The Morgan fingerprint density at radius 2 is 2.00 bits per heavy atom. The smallest absolute Gasteiger partial charge is 0.287 e. The average Bonchev–Trinajstić information content (AvgIpc) is 2.38. The van der Waals surface area contributed by atoms with Crippen LogP contribution in [0.1, 0.15) is 5.69 Å². The lowest BCUT2D eigenvalue weighted by Gasteiger charge is -2.16. The van der Waals surface area contributed by atoms with Gasteiger partial charge in [-0.3, -0.25) is 9.97 Å². The molecule has 0 aromatic carbocycles. The Morgan fingerprint density at radius 1 is 1.16 bits per heavy atom. The molecule has 0 atom stereocenters. The summed E-state index contributed by atoms with van der Waals surface area (Å²) in [4.78, 5) is 11.6. The normalized spacial score (nSPS) is 16.2. The third-order valence-electron chi connectivity index (χ3n) is 2.37. The number of fused-ring (bicyclic) bond motifs is 1. The summed E-state index contributed by atoms with van der Waals surface area (Å²) in [5, 5.41) is 3.02. The lowest BCUT2D eigenvalue weighted by molar-refractivity contribution is 0.597. The first kappa shape index (κ1) is 12.0. The Hall–Kier alpha value is -2.06. The Bertz CT molecular complexity index is 790. The first-order valence-corrected chi connectivity index (χ1v) is 6.92. The van der Waals surface area contributed by atoms with Gasteiger partial charge in [0.25, 0.3) is 10.0 Å². The Morgan fingerprint density at radius 3 is 2.79 bits per heavy atom. The van der Waals surface area contributed by atoms with E-state index in [0.717, 1.165) is 0 Å². The number of nitrogens with zero attached hydrogens (tertiary/aromatic N) is 4. The predicted octanol–water partition coefficient (Wildman–Crippen LogP) is 1.09. The molecule has 96 valence electrons. The molecule has 0 amide bonds. The van der Waals surface area contributed by atoms with Crippen molar-refractivity contribution < 1.29 is 8.42 Å². The van der Waals surface area contributed by atoms with Gasteiger partial charge in [-0.1, -0.05) is 11.6 Å². The molecule has 9 heteroatoms. The van der Waals surface area contributed by atoms with Crippen LogP contribution in [-0.4, -0.2) is 29.2 Å². The van der Waals surface area contributed by atoms with Gasteiger partial charge >= 0.3 is 0 Å². The fourth-order valence-corrected chi connectivity index (χ4v) is 2.79. The minimum absolute atomic E-state index is 0.0220. The summed E-state index contributed by atoms with van der Waals surface area (Å²) < 4.78 is 27.6. The van der Waals surface area contributed by atoms with Crippen LogP contribution in [-0.2, 0) is 10.0 Å². The zero-order chi connectivity index (χ0) is 13.5. The van der Waals surface area contributed by atoms with Gasteiger partial charge in [-0.25, -0.2) is 4.98 Å². The molecule has 0 saturated carbocycles. The van der Waals surface area contributed by atoms with Gasteiger partial charge < -0.3 is 5.32 Å². The highest BCUT2D eigenvalue weighted by atomic mass is 35.5. The summed E-state index contributed by atoms with van der Waals surface area (Å²) in [6.45, 7) is 0. The molecule has 1 N–H and O–H groups in total. The fraction of sp³-hybridized carbons (Fsp3) is 0. The van der Waals surface area contributed by atoms with E-state index in [4.69, 9.17) is 11.6 Å². The highest BCUT2D eigenvalue weighted by molar-refractivity contribution is 7.90. The number of hydrogen-bond acceptors (Lipinski definition) is 6. The lowest BCUT2D eigenvalue weighted by atomic mass is 10.3. The average molecular weight is 296 g/mol. The largest absolute Gasteiger partial charge is 0.336 e. The van der Waals surface area contributed by atoms with E-state index < -0.39 is 10.0 Å². The second-order valence-corrected chi connectivity index (χ2v) is 5.60. The summed E-state index contributed by atoms with van der Waals surface area (Å²) in [5.74, 6) is 0.0775. The Kier molecular flexibility index (Phi) is 2.68. The highest BCUT2D eigenvalue weighted by Crippen LogP contribution is 2.26. The van der Waals surface area contributed by atoms with Crippen molar-refractivity contribution in [3.05, 3.63) is 41.7 Å². The van der Waals surface area contributed by atoms with Gasteiger partial charge in [0.05, 0.1) is 18.1 Å². The van der Waals surface area contributed by atoms with Crippen molar-refractivity contribution in [1.82, 2.24) is 15.0 Å². The van der Waals surface area contributed by atoms with Crippen molar-refractivity contribution in [1.29, 1.82) is 0 Å². The molecule has 1 aliphatic heterocycles. The molecule has 0 saturated heterocycles. The van der Waals surface area contributed by atoms with Gasteiger partial charge in [-0.05, 0) is 6.07 Å². The van der Waals surface area contributed by atoms with E-state index in [9.17, 15) is 8.42 Å².